The molecule has 11 heteroatoms. The number of carbonyl (C=O) groups is 1. The minimum Gasteiger partial charge on any atom is -0.369 e. The second kappa shape index (κ2) is 9.22. The Balaban J connectivity index is 1.54. The summed E-state index contributed by atoms with van der Waals surface area (Å²) in [6, 6.07) is 2.32. The summed E-state index contributed by atoms with van der Waals surface area (Å²) in [5.74, 6) is -1.22. The number of imidazole rings is 1. The van der Waals surface area contributed by atoms with Gasteiger partial charge in [-0.1, -0.05) is 31.4 Å². The Morgan fingerprint density at radius 2 is 1.80 bits per heavy atom. The molecule has 3 aromatic rings. The van der Waals surface area contributed by atoms with Crippen LogP contribution < -0.4 is 16.4 Å². The van der Waals surface area contributed by atoms with Gasteiger partial charge in [-0.15, -0.1) is 0 Å². The minimum absolute atomic E-state index is 0.0365. The quantitative estimate of drug-likeness (QED) is 0.412. The van der Waals surface area contributed by atoms with Crippen LogP contribution in [0.1, 0.15) is 64.3 Å². The summed E-state index contributed by atoms with van der Waals surface area (Å²) >= 11 is 5.79. The molecule has 2 saturated carbocycles. The molecule has 0 spiro atoms. The first-order chi connectivity index (χ1) is 16.7. The molecule has 0 bridgehead atoms. The molecule has 2 aromatic heterocycles. The number of carbonyl (C=O) groups excluding carboxylic acids is 1. The molecule has 2 fully saturated rings. The Bertz CT molecular complexity index is 1240. The second-order valence-electron chi connectivity index (χ2n) is 9.86. The maximum Gasteiger partial charge on any atom is 0.224 e. The lowest BCUT2D eigenvalue weighted by Crippen LogP contribution is -2.38. The van der Waals surface area contributed by atoms with Crippen molar-refractivity contribution in [2.24, 2.45) is 11.1 Å². The van der Waals surface area contributed by atoms with Gasteiger partial charge in [-0.2, -0.15) is 4.98 Å². The SMILES string of the molecule is CC1(C(N)=O)CCC(n2c(Nc3c(F)cc(Cl)cc3F)nc3cnc(NC4CCCC4)nc32)CC1. The van der Waals surface area contributed by atoms with Gasteiger partial charge in [-0.25, -0.2) is 18.7 Å². The molecule has 1 amide bonds. The highest BCUT2D eigenvalue weighted by Crippen LogP contribution is 2.43. The molecular formula is C24H28ClF2N7O. The first-order valence-electron chi connectivity index (χ1n) is 12.0. The summed E-state index contributed by atoms with van der Waals surface area (Å²) in [6.45, 7) is 1.88. The number of benzene rings is 1. The number of hydrogen-bond acceptors (Lipinski definition) is 6. The molecule has 5 rings (SSSR count). The average Bonchev–Trinajstić information content (AvgIpc) is 3.44. The highest BCUT2D eigenvalue weighted by Gasteiger charge is 2.38. The lowest BCUT2D eigenvalue weighted by molar-refractivity contribution is -0.128. The molecule has 2 aliphatic carbocycles. The molecule has 0 aliphatic heterocycles. The number of nitrogens with one attached hydrogen (secondary N) is 2. The number of nitrogens with zero attached hydrogens (tertiary/aromatic N) is 4. The van der Waals surface area contributed by atoms with E-state index in [4.69, 9.17) is 22.3 Å². The van der Waals surface area contributed by atoms with Gasteiger partial charge in [0, 0.05) is 22.5 Å². The van der Waals surface area contributed by atoms with E-state index in [-0.39, 0.29) is 28.6 Å². The van der Waals surface area contributed by atoms with Gasteiger partial charge in [0.1, 0.15) is 11.2 Å². The monoisotopic (exact) mass is 503 g/mol. The first-order valence-corrected chi connectivity index (χ1v) is 12.3. The number of hydrogen-bond donors (Lipinski definition) is 3. The third-order valence-electron chi connectivity index (χ3n) is 7.38. The molecule has 2 aliphatic rings. The van der Waals surface area contributed by atoms with Crippen LogP contribution in [-0.4, -0.2) is 31.5 Å². The van der Waals surface area contributed by atoms with Crippen LogP contribution in [0.5, 0.6) is 0 Å². The Hall–Kier alpha value is -3.01. The van der Waals surface area contributed by atoms with Gasteiger partial charge in [-0.3, -0.25) is 9.36 Å². The summed E-state index contributed by atoms with van der Waals surface area (Å²) < 4.78 is 31.1. The van der Waals surface area contributed by atoms with Gasteiger partial charge in [0.15, 0.2) is 17.3 Å². The van der Waals surface area contributed by atoms with E-state index in [9.17, 15) is 13.6 Å². The van der Waals surface area contributed by atoms with Crippen molar-refractivity contribution < 1.29 is 13.6 Å². The predicted octanol–water partition coefficient (Wildman–Crippen LogP) is 5.46. The number of amides is 1. The number of fused-ring (bicyclic) bond motifs is 1. The first kappa shape index (κ1) is 23.7. The van der Waals surface area contributed by atoms with Gasteiger partial charge >= 0.3 is 0 Å². The van der Waals surface area contributed by atoms with Crippen LogP contribution in [0.15, 0.2) is 18.3 Å². The van der Waals surface area contributed by atoms with Crippen LogP contribution in [0.4, 0.5) is 26.4 Å². The van der Waals surface area contributed by atoms with E-state index in [0.29, 0.717) is 48.8 Å². The number of rotatable bonds is 6. The van der Waals surface area contributed by atoms with Crippen molar-refractivity contribution in [3.63, 3.8) is 0 Å². The largest absolute Gasteiger partial charge is 0.369 e. The van der Waals surface area contributed by atoms with Crippen LogP contribution in [0, 0.1) is 17.0 Å². The molecule has 0 radical (unpaired) electrons. The number of primary amides is 1. The zero-order chi connectivity index (χ0) is 24.7. The summed E-state index contributed by atoms with van der Waals surface area (Å²) in [6.07, 6.45) is 8.55. The molecule has 8 nitrogen and oxygen atoms in total. The zero-order valence-corrected chi connectivity index (χ0v) is 20.2. The molecule has 1 aromatic carbocycles. The summed E-state index contributed by atoms with van der Waals surface area (Å²) in [4.78, 5) is 25.7. The fraction of sp³-hybridized carbons (Fsp3) is 0.500. The fourth-order valence-electron chi connectivity index (χ4n) is 5.16. The topological polar surface area (TPSA) is 111 Å². The van der Waals surface area contributed by atoms with Crippen molar-refractivity contribution in [1.82, 2.24) is 19.5 Å². The molecule has 0 atom stereocenters. The molecule has 186 valence electrons. The van der Waals surface area contributed by atoms with Crippen molar-refractivity contribution >= 4 is 46.3 Å². The van der Waals surface area contributed by atoms with Crippen molar-refractivity contribution in [2.45, 2.75) is 70.4 Å². The molecular weight excluding hydrogens is 476 g/mol. The van der Waals surface area contributed by atoms with Gasteiger partial charge in [0.05, 0.1) is 6.20 Å². The highest BCUT2D eigenvalue weighted by atomic mass is 35.5. The molecule has 0 saturated heterocycles. The third kappa shape index (κ3) is 4.63. The normalized spacial score (nSPS) is 23.0. The van der Waals surface area contributed by atoms with Crippen molar-refractivity contribution in [1.29, 1.82) is 0 Å². The zero-order valence-electron chi connectivity index (χ0n) is 19.5. The Kier molecular flexibility index (Phi) is 6.25. The maximum absolute atomic E-state index is 14.6. The van der Waals surface area contributed by atoms with Crippen LogP contribution >= 0.6 is 11.6 Å². The lowest BCUT2D eigenvalue weighted by Gasteiger charge is -2.35. The van der Waals surface area contributed by atoms with Crippen molar-refractivity contribution in [3.05, 3.63) is 35.0 Å². The van der Waals surface area contributed by atoms with Gasteiger partial charge in [0.25, 0.3) is 0 Å². The molecule has 35 heavy (non-hydrogen) atoms. The number of halogens is 3. The van der Waals surface area contributed by atoms with E-state index in [1.54, 1.807) is 6.20 Å². The summed E-state index contributed by atoms with van der Waals surface area (Å²) in [5, 5.41) is 6.18. The van der Waals surface area contributed by atoms with E-state index in [1.807, 2.05) is 11.5 Å². The lowest BCUT2D eigenvalue weighted by atomic mass is 9.73. The van der Waals surface area contributed by atoms with Gasteiger partial charge in [0.2, 0.25) is 17.8 Å². The van der Waals surface area contributed by atoms with E-state index in [0.717, 1.165) is 25.0 Å². The average molecular weight is 504 g/mol. The van der Waals surface area contributed by atoms with Crippen LogP contribution in [-0.2, 0) is 4.79 Å². The van der Waals surface area contributed by atoms with Gasteiger partial charge < -0.3 is 16.4 Å². The summed E-state index contributed by atoms with van der Waals surface area (Å²) in [5.41, 5.74) is 5.77. The Morgan fingerprint density at radius 3 is 2.43 bits per heavy atom. The smallest absolute Gasteiger partial charge is 0.224 e. The van der Waals surface area contributed by atoms with E-state index >= 15 is 0 Å². The van der Waals surface area contributed by atoms with Crippen LogP contribution in [0.2, 0.25) is 5.02 Å². The van der Waals surface area contributed by atoms with E-state index in [2.05, 4.69) is 20.6 Å². The van der Waals surface area contributed by atoms with E-state index in [1.165, 1.54) is 12.8 Å². The maximum atomic E-state index is 14.6. The van der Waals surface area contributed by atoms with Crippen molar-refractivity contribution in [2.75, 3.05) is 10.6 Å². The highest BCUT2D eigenvalue weighted by molar-refractivity contribution is 6.30. The third-order valence-corrected chi connectivity index (χ3v) is 7.60. The second-order valence-corrected chi connectivity index (χ2v) is 10.3. The number of nitrogens with two attached hydrogens (primary N) is 1. The molecule has 4 N–H and O–H groups in total. The van der Waals surface area contributed by atoms with Crippen molar-refractivity contribution in [3.8, 4) is 0 Å². The Labute approximate surface area is 206 Å². The minimum atomic E-state index is -0.826. The van der Waals surface area contributed by atoms with Crippen LogP contribution in [0.25, 0.3) is 11.2 Å². The summed E-state index contributed by atoms with van der Waals surface area (Å²) in [7, 11) is 0. The van der Waals surface area contributed by atoms with Crippen LogP contribution in [0.3, 0.4) is 0 Å². The van der Waals surface area contributed by atoms with Gasteiger partial charge in [-0.05, 0) is 50.7 Å². The Morgan fingerprint density at radius 1 is 1.14 bits per heavy atom. The van der Waals surface area contributed by atoms with E-state index < -0.39 is 17.0 Å². The molecule has 0 unspecified atom stereocenters. The predicted molar refractivity (Wildman–Crippen MR) is 131 cm³/mol. The number of anilines is 3. The standard InChI is InChI=1S/C24H28ClF2N7O/c1-24(21(28)35)8-6-15(7-9-24)34-20-18(12-29-22(33-20)30-14-4-2-3-5-14)31-23(34)32-19-16(26)10-13(25)11-17(19)27/h10-12,14-15H,2-9H2,1H3,(H2,28,35)(H,31,32)(H,29,30,33). The fourth-order valence-corrected chi connectivity index (χ4v) is 5.36. The molecule has 2 heterocycles. The number of aromatic nitrogens is 4.